The van der Waals surface area contributed by atoms with E-state index in [1.165, 1.54) is 12.1 Å². The number of hydrogen-bond donors (Lipinski definition) is 1. The maximum absolute atomic E-state index is 12.4. The van der Waals surface area contributed by atoms with Crippen LogP contribution in [-0.4, -0.2) is 53.4 Å². The van der Waals surface area contributed by atoms with E-state index in [-0.39, 0.29) is 22.9 Å². The molecule has 21 heavy (non-hydrogen) atoms. The van der Waals surface area contributed by atoms with E-state index in [1.54, 1.807) is 9.80 Å². The minimum Gasteiger partial charge on any atom is -0.506 e. The lowest BCUT2D eigenvalue weighted by Crippen LogP contribution is -2.48. The van der Waals surface area contributed by atoms with E-state index >= 15 is 0 Å². The predicted octanol–water partition coefficient (Wildman–Crippen LogP) is 1.85. The molecule has 2 amide bonds. The molecule has 1 heterocycles. The Morgan fingerprint density at radius 1 is 1.38 bits per heavy atom. The second-order valence-corrected chi connectivity index (χ2v) is 5.50. The van der Waals surface area contributed by atoms with E-state index < -0.39 is 0 Å². The Kier molecular flexibility index (Phi) is 4.86. The molecule has 110 valence electrons. The number of carbonyl (C=O) groups excluding carboxylic acids is 2. The molecule has 0 aromatic heterocycles. The Bertz CT molecular complexity index is 622. The van der Waals surface area contributed by atoms with Gasteiger partial charge >= 0.3 is 0 Å². The van der Waals surface area contributed by atoms with Crippen molar-refractivity contribution in [3.63, 3.8) is 0 Å². The Morgan fingerprint density at radius 2 is 2.05 bits per heavy atom. The first-order chi connectivity index (χ1) is 10.1. The number of aromatic hydroxyl groups is 1. The fraction of sp³-hybridized carbons (Fsp3) is 0.333. The van der Waals surface area contributed by atoms with Gasteiger partial charge in [-0.25, -0.2) is 0 Å². The fourth-order valence-electron chi connectivity index (χ4n) is 2.05. The minimum atomic E-state index is -0.302. The highest BCUT2D eigenvalue weighted by molar-refractivity contribution is 14.1. The largest absolute Gasteiger partial charge is 0.506 e. The summed E-state index contributed by atoms with van der Waals surface area (Å²) in [6.45, 7) is 1.80. The number of piperazine rings is 1. The molecule has 1 saturated heterocycles. The zero-order valence-electron chi connectivity index (χ0n) is 10.9. The van der Waals surface area contributed by atoms with Crippen LogP contribution in [0.25, 0.3) is 10.4 Å². The van der Waals surface area contributed by atoms with Crippen LogP contribution in [0.4, 0.5) is 5.69 Å². The number of amides is 2. The van der Waals surface area contributed by atoms with Crippen LogP contribution in [0, 0.1) is 3.57 Å². The molecule has 1 fully saturated rings. The van der Waals surface area contributed by atoms with Gasteiger partial charge in [0.2, 0.25) is 6.41 Å². The highest BCUT2D eigenvalue weighted by atomic mass is 127. The van der Waals surface area contributed by atoms with Crippen molar-refractivity contribution in [3.8, 4) is 5.75 Å². The van der Waals surface area contributed by atoms with E-state index in [1.807, 2.05) is 22.6 Å². The van der Waals surface area contributed by atoms with Crippen LogP contribution in [-0.2, 0) is 4.79 Å². The van der Waals surface area contributed by atoms with E-state index in [9.17, 15) is 14.7 Å². The summed E-state index contributed by atoms with van der Waals surface area (Å²) in [7, 11) is 0. The van der Waals surface area contributed by atoms with Gasteiger partial charge in [-0.1, -0.05) is 11.2 Å². The number of nitrogens with zero attached hydrogens (tertiary/aromatic N) is 5. The zero-order valence-corrected chi connectivity index (χ0v) is 13.1. The van der Waals surface area contributed by atoms with Crippen LogP contribution in [0.2, 0.25) is 0 Å². The molecule has 1 aromatic rings. The highest BCUT2D eigenvalue weighted by Gasteiger charge is 2.24. The quantitative estimate of drug-likeness (QED) is 0.274. The predicted molar refractivity (Wildman–Crippen MR) is 83.2 cm³/mol. The van der Waals surface area contributed by atoms with E-state index in [0.717, 1.165) is 6.41 Å². The van der Waals surface area contributed by atoms with Crippen LogP contribution >= 0.6 is 22.6 Å². The number of halogens is 1. The van der Waals surface area contributed by atoms with Crippen molar-refractivity contribution >= 4 is 40.6 Å². The molecule has 0 aliphatic carbocycles. The monoisotopic (exact) mass is 401 g/mol. The van der Waals surface area contributed by atoms with Gasteiger partial charge < -0.3 is 14.9 Å². The number of benzene rings is 1. The van der Waals surface area contributed by atoms with Crippen molar-refractivity contribution < 1.29 is 14.7 Å². The van der Waals surface area contributed by atoms with Gasteiger partial charge in [0.15, 0.2) is 0 Å². The summed E-state index contributed by atoms with van der Waals surface area (Å²) in [4.78, 5) is 28.9. The van der Waals surface area contributed by atoms with Crippen molar-refractivity contribution in [2.75, 3.05) is 26.2 Å². The average Bonchev–Trinajstić information content (AvgIpc) is 2.52. The summed E-state index contributed by atoms with van der Waals surface area (Å²) in [6, 6.07) is 2.94. The molecule has 9 heteroatoms. The molecule has 0 radical (unpaired) electrons. The summed E-state index contributed by atoms with van der Waals surface area (Å²) in [5.41, 5.74) is 8.87. The number of hydrogen-bond acceptors (Lipinski definition) is 4. The molecule has 0 bridgehead atoms. The second-order valence-electron chi connectivity index (χ2n) is 4.42. The molecule has 2 rings (SSSR count). The van der Waals surface area contributed by atoms with Gasteiger partial charge in [-0.15, -0.1) is 0 Å². The van der Waals surface area contributed by atoms with E-state index in [4.69, 9.17) is 5.53 Å². The number of phenols is 1. The highest BCUT2D eigenvalue weighted by Crippen LogP contribution is 2.33. The molecular weight excluding hydrogens is 389 g/mol. The Hall–Kier alpha value is -2.00. The van der Waals surface area contributed by atoms with Crippen molar-refractivity contribution in [2.24, 2.45) is 5.11 Å². The first kappa shape index (κ1) is 15.4. The third-order valence-corrected chi connectivity index (χ3v) is 4.29. The first-order valence-electron chi connectivity index (χ1n) is 6.13. The second kappa shape index (κ2) is 6.64. The standard InChI is InChI=1S/C12H12IN5O3/c13-10-9(15-16-14)2-1-8(11(10)20)12(21)18-5-3-17(7-19)4-6-18/h1-2,7,20H,3-6H2. The topological polar surface area (TPSA) is 110 Å². The van der Waals surface area contributed by atoms with Crippen LogP contribution < -0.4 is 0 Å². The lowest BCUT2D eigenvalue weighted by Gasteiger charge is -2.32. The van der Waals surface area contributed by atoms with Crippen molar-refractivity contribution in [2.45, 2.75) is 0 Å². The van der Waals surface area contributed by atoms with Crippen molar-refractivity contribution in [1.82, 2.24) is 9.80 Å². The third kappa shape index (κ3) is 3.19. The average molecular weight is 401 g/mol. The molecule has 0 atom stereocenters. The molecule has 1 aliphatic heterocycles. The maximum Gasteiger partial charge on any atom is 0.257 e. The number of rotatable bonds is 3. The number of phenolic OH excluding ortho intramolecular Hbond substituents is 1. The molecule has 0 spiro atoms. The molecule has 8 nitrogen and oxygen atoms in total. The summed E-state index contributed by atoms with van der Waals surface area (Å²) < 4.78 is 0.336. The lowest BCUT2D eigenvalue weighted by molar-refractivity contribution is -0.119. The van der Waals surface area contributed by atoms with E-state index in [2.05, 4.69) is 10.0 Å². The Balaban J connectivity index is 2.22. The van der Waals surface area contributed by atoms with Crippen molar-refractivity contribution in [3.05, 3.63) is 31.7 Å². The molecular formula is C12H12IN5O3. The molecule has 1 aromatic carbocycles. The molecule has 1 N–H and O–H groups in total. The van der Waals surface area contributed by atoms with Gasteiger partial charge in [-0.3, -0.25) is 9.59 Å². The van der Waals surface area contributed by atoms with Gasteiger partial charge in [-0.2, -0.15) is 0 Å². The Morgan fingerprint density at radius 3 is 2.62 bits per heavy atom. The van der Waals surface area contributed by atoms with Crippen molar-refractivity contribution in [1.29, 1.82) is 0 Å². The smallest absolute Gasteiger partial charge is 0.257 e. The number of carbonyl (C=O) groups is 2. The van der Waals surface area contributed by atoms with Crippen LogP contribution in [0.1, 0.15) is 10.4 Å². The SMILES string of the molecule is [N-]=[N+]=Nc1ccc(C(=O)N2CCN(C=O)CC2)c(O)c1I. The van der Waals surface area contributed by atoms with Gasteiger partial charge in [0.1, 0.15) is 5.75 Å². The van der Waals surface area contributed by atoms with Gasteiger partial charge in [-0.05, 0) is 34.2 Å². The summed E-state index contributed by atoms with van der Waals surface area (Å²) in [5, 5.41) is 13.5. The normalized spacial score (nSPS) is 14.5. The van der Waals surface area contributed by atoms with E-state index in [0.29, 0.717) is 29.7 Å². The van der Waals surface area contributed by atoms with Gasteiger partial charge in [0.25, 0.3) is 5.91 Å². The molecule has 0 saturated carbocycles. The first-order valence-corrected chi connectivity index (χ1v) is 7.21. The summed E-state index contributed by atoms with van der Waals surface area (Å²) in [5.74, 6) is -0.494. The van der Waals surface area contributed by atoms with Gasteiger partial charge in [0.05, 0.1) is 14.8 Å². The molecule has 0 unspecified atom stereocenters. The zero-order chi connectivity index (χ0) is 15.4. The minimum absolute atomic E-state index is 0.163. The summed E-state index contributed by atoms with van der Waals surface area (Å²) >= 11 is 1.83. The maximum atomic E-state index is 12.4. The van der Waals surface area contributed by atoms with Crippen LogP contribution in [0.5, 0.6) is 5.75 Å². The van der Waals surface area contributed by atoms with Crippen LogP contribution in [0.15, 0.2) is 17.2 Å². The van der Waals surface area contributed by atoms with Crippen LogP contribution in [0.3, 0.4) is 0 Å². The Labute approximate surface area is 134 Å². The lowest BCUT2D eigenvalue weighted by atomic mass is 10.1. The molecule has 1 aliphatic rings. The fourth-order valence-corrected chi connectivity index (χ4v) is 2.63. The number of azide groups is 1. The van der Waals surface area contributed by atoms with Gasteiger partial charge in [0, 0.05) is 31.1 Å². The summed E-state index contributed by atoms with van der Waals surface area (Å²) in [6.07, 6.45) is 0.761. The third-order valence-electron chi connectivity index (χ3n) is 3.23.